The first-order valence-corrected chi connectivity index (χ1v) is 12.2. The van der Waals surface area contributed by atoms with Crippen molar-refractivity contribution in [1.82, 2.24) is 15.5 Å². The van der Waals surface area contributed by atoms with Gasteiger partial charge < -0.3 is 10.6 Å². The molecule has 7 heteroatoms. The van der Waals surface area contributed by atoms with E-state index in [1.165, 1.54) is 0 Å². The maximum atomic E-state index is 12.3. The average molecular weight is 409 g/mol. The van der Waals surface area contributed by atoms with Gasteiger partial charge in [-0.3, -0.25) is 9.89 Å². The standard InChI is InChI=1S/C21H36N4O2S/c1-5-22-21(24-20-15-25(17(2)3)14-18(20)4)23-12-9-13-28(26,27)16-19-10-7-6-8-11-19/h6-8,10-11,17-18,20H,5,9,12-16H2,1-4H3,(H2,22,23,24). The Balaban J connectivity index is 1.83. The van der Waals surface area contributed by atoms with Gasteiger partial charge in [0, 0.05) is 38.3 Å². The van der Waals surface area contributed by atoms with Crippen molar-refractivity contribution in [3.63, 3.8) is 0 Å². The lowest BCUT2D eigenvalue weighted by molar-refractivity contribution is 0.265. The van der Waals surface area contributed by atoms with E-state index < -0.39 is 9.84 Å². The summed E-state index contributed by atoms with van der Waals surface area (Å²) < 4.78 is 24.6. The van der Waals surface area contributed by atoms with Gasteiger partial charge in [0.15, 0.2) is 15.8 Å². The number of sulfone groups is 1. The van der Waals surface area contributed by atoms with Crippen LogP contribution in [-0.2, 0) is 15.6 Å². The molecule has 0 aliphatic carbocycles. The molecule has 1 aliphatic heterocycles. The SMILES string of the molecule is CCNC(=NCCCS(=O)(=O)Cc1ccccc1)NC1CN(C(C)C)CC1C. The third-order valence-corrected chi connectivity index (χ3v) is 6.83. The van der Waals surface area contributed by atoms with Gasteiger partial charge in [0.25, 0.3) is 0 Å². The Morgan fingerprint density at radius 2 is 1.96 bits per heavy atom. The highest BCUT2D eigenvalue weighted by Gasteiger charge is 2.31. The van der Waals surface area contributed by atoms with Gasteiger partial charge in [0.2, 0.25) is 0 Å². The predicted octanol–water partition coefficient (Wildman–Crippen LogP) is 2.28. The Hall–Kier alpha value is -1.60. The van der Waals surface area contributed by atoms with Crippen LogP contribution < -0.4 is 10.6 Å². The molecule has 0 bridgehead atoms. The van der Waals surface area contributed by atoms with Gasteiger partial charge in [-0.25, -0.2) is 8.42 Å². The van der Waals surface area contributed by atoms with E-state index in [9.17, 15) is 8.42 Å². The zero-order chi connectivity index (χ0) is 20.6. The molecule has 0 aromatic heterocycles. The first kappa shape index (κ1) is 22.7. The van der Waals surface area contributed by atoms with E-state index in [1.807, 2.05) is 37.3 Å². The predicted molar refractivity (Wildman–Crippen MR) is 117 cm³/mol. The summed E-state index contributed by atoms with van der Waals surface area (Å²) in [6, 6.07) is 10.2. The third kappa shape index (κ3) is 7.43. The van der Waals surface area contributed by atoms with Crippen LogP contribution in [0.1, 0.15) is 39.7 Å². The normalized spacial score (nSPS) is 21.2. The molecule has 1 heterocycles. The molecular weight excluding hydrogens is 372 g/mol. The monoisotopic (exact) mass is 408 g/mol. The highest BCUT2D eigenvalue weighted by atomic mass is 32.2. The Morgan fingerprint density at radius 1 is 1.25 bits per heavy atom. The van der Waals surface area contributed by atoms with E-state index in [2.05, 4.69) is 41.3 Å². The molecule has 2 N–H and O–H groups in total. The van der Waals surface area contributed by atoms with Crippen molar-refractivity contribution in [1.29, 1.82) is 0 Å². The zero-order valence-corrected chi connectivity index (χ0v) is 18.5. The fourth-order valence-corrected chi connectivity index (χ4v) is 4.90. The van der Waals surface area contributed by atoms with Crippen LogP contribution in [0.2, 0.25) is 0 Å². The molecule has 158 valence electrons. The molecule has 1 aromatic carbocycles. The lowest BCUT2D eigenvalue weighted by Crippen LogP contribution is -2.46. The van der Waals surface area contributed by atoms with Gasteiger partial charge >= 0.3 is 0 Å². The van der Waals surface area contributed by atoms with E-state index >= 15 is 0 Å². The molecule has 2 unspecified atom stereocenters. The fraction of sp³-hybridized carbons (Fsp3) is 0.667. The molecule has 1 aromatic rings. The van der Waals surface area contributed by atoms with Gasteiger partial charge in [-0.05, 0) is 38.7 Å². The minimum Gasteiger partial charge on any atom is -0.357 e. The molecule has 0 spiro atoms. The average Bonchev–Trinajstić information content (AvgIpc) is 3.00. The van der Waals surface area contributed by atoms with E-state index in [0.29, 0.717) is 31.0 Å². The summed E-state index contributed by atoms with van der Waals surface area (Å²) in [4.78, 5) is 7.08. The summed E-state index contributed by atoms with van der Waals surface area (Å²) in [6.07, 6.45) is 0.532. The Bertz CT molecular complexity index is 719. The molecule has 28 heavy (non-hydrogen) atoms. The van der Waals surface area contributed by atoms with Crippen LogP contribution >= 0.6 is 0 Å². The topological polar surface area (TPSA) is 73.8 Å². The lowest BCUT2D eigenvalue weighted by atomic mass is 10.1. The molecule has 2 rings (SSSR count). The van der Waals surface area contributed by atoms with Crippen molar-refractivity contribution in [2.45, 2.75) is 52.0 Å². The highest BCUT2D eigenvalue weighted by molar-refractivity contribution is 7.90. The van der Waals surface area contributed by atoms with Crippen molar-refractivity contribution >= 4 is 15.8 Å². The molecule has 0 radical (unpaired) electrons. The number of hydrogen-bond acceptors (Lipinski definition) is 4. The maximum absolute atomic E-state index is 12.3. The molecular formula is C21H36N4O2S. The summed E-state index contributed by atoms with van der Waals surface area (Å²) in [5.41, 5.74) is 0.839. The van der Waals surface area contributed by atoms with Crippen LogP contribution in [0.15, 0.2) is 35.3 Å². The molecule has 0 amide bonds. The van der Waals surface area contributed by atoms with Crippen LogP contribution in [-0.4, -0.2) is 63.3 Å². The van der Waals surface area contributed by atoms with E-state index in [1.54, 1.807) is 0 Å². The molecule has 1 saturated heterocycles. The number of benzene rings is 1. The molecule has 0 saturated carbocycles. The van der Waals surface area contributed by atoms with Crippen molar-refractivity contribution in [3.05, 3.63) is 35.9 Å². The molecule has 2 atom stereocenters. The fourth-order valence-electron chi connectivity index (χ4n) is 3.49. The smallest absolute Gasteiger partial charge is 0.191 e. The second-order valence-corrected chi connectivity index (χ2v) is 10.2. The Morgan fingerprint density at radius 3 is 2.57 bits per heavy atom. The van der Waals surface area contributed by atoms with Crippen LogP contribution in [0.5, 0.6) is 0 Å². The summed E-state index contributed by atoms with van der Waals surface area (Å²) in [5, 5.41) is 6.82. The second-order valence-electron chi connectivity index (χ2n) is 7.97. The molecule has 6 nitrogen and oxygen atoms in total. The number of hydrogen-bond donors (Lipinski definition) is 2. The Labute approximate surface area is 170 Å². The summed E-state index contributed by atoms with van der Waals surface area (Å²) in [5.74, 6) is 1.59. The largest absolute Gasteiger partial charge is 0.357 e. The van der Waals surface area contributed by atoms with Crippen LogP contribution in [0.25, 0.3) is 0 Å². The maximum Gasteiger partial charge on any atom is 0.191 e. The van der Waals surface area contributed by atoms with Crippen LogP contribution in [0.3, 0.4) is 0 Å². The minimum absolute atomic E-state index is 0.0977. The van der Waals surface area contributed by atoms with E-state index in [-0.39, 0.29) is 11.5 Å². The van der Waals surface area contributed by atoms with Gasteiger partial charge in [-0.2, -0.15) is 0 Å². The molecule has 1 aliphatic rings. The number of nitrogens with one attached hydrogen (secondary N) is 2. The molecule has 1 fully saturated rings. The quantitative estimate of drug-likeness (QED) is 0.373. The Kier molecular flexibility index (Phi) is 8.76. The summed E-state index contributed by atoms with van der Waals surface area (Å²) in [7, 11) is -3.11. The second kappa shape index (κ2) is 10.8. The summed E-state index contributed by atoms with van der Waals surface area (Å²) in [6.45, 7) is 12.1. The van der Waals surface area contributed by atoms with Crippen LogP contribution in [0.4, 0.5) is 0 Å². The first-order valence-electron chi connectivity index (χ1n) is 10.3. The van der Waals surface area contributed by atoms with Crippen molar-refractivity contribution in [2.24, 2.45) is 10.9 Å². The minimum atomic E-state index is -3.11. The van der Waals surface area contributed by atoms with Crippen molar-refractivity contribution in [2.75, 3.05) is 31.9 Å². The first-order chi connectivity index (χ1) is 13.3. The van der Waals surface area contributed by atoms with Crippen LogP contribution in [0, 0.1) is 5.92 Å². The third-order valence-electron chi connectivity index (χ3n) is 5.15. The van der Waals surface area contributed by atoms with Crippen molar-refractivity contribution < 1.29 is 8.42 Å². The number of rotatable bonds is 9. The number of nitrogens with zero attached hydrogens (tertiary/aromatic N) is 2. The van der Waals surface area contributed by atoms with Gasteiger partial charge in [0.05, 0.1) is 11.5 Å². The number of likely N-dealkylation sites (tertiary alicyclic amines) is 1. The van der Waals surface area contributed by atoms with E-state index in [4.69, 9.17) is 0 Å². The lowest BCUT2D eigenvalue weighted by Gasteiger charge is -2.22. The van der Waals surface area contributed by atoms with Gasteiger partial charge in [-0.1, -0.05) is 37.3 Å². The van der Waals surface area contributed by atoms with E-state index in [0.717, 1.165) is 31.2 Å². The van der Waals surface area contributed by atoms with Crippen molar-refractivity contribution in [3.8, 4) is 0 Å². The number of aliphatic imine (C=N–C) groups is 1. The number of guanidine groups is 1. The summed E-state index contributed by atoms with van der Waals surface area (Å²) >= 11 is 0. The van der Waals surface area contributed by atoms with Gasteiger partial charge in [0.1, 0.15) is 0 Å². The van der Waals surface area contributed by atoms with Gasteiger partial charge in [-0.15, -0.1) is 0 Å². The highest BCUT2D eigenvalue weighted by Crippen LogP contribution is 2.18. The zero-order valence-electron chi connectivity index (χ0n) is 17.7.